The summed E-state index contributed by atoms with van der Waals surface area (Å²) in [6.07, 6.45) is 3.66. The first kappa shape index (κ1) is 17.5. The summed E-state index contributed by atoms with van der Waals surface area (Å²) < 4.78 is 0. The van der Waals surface area contributed by atoms with Gasteiger partial charge in [0, 0.05) is 0 Å². The van der Waals surface area contributed by atoms with Crippen LogP contribution in [0, 0.1) is 19.8 Å². The third-order valence-corrected chi connectivity index (χ3v) is 3.67. The summed E-state index contributed by atoms with van der Waals surface area (Å²) in [6.45, 7) is 11.1. The van der Waals surface area contributed by atoms with Crippen molar-refractivity contribution in [1.29, 1.82) is 0 Å². The molecule has 0 aliphatic carbocycles. The summed E-state index contributed by atoms with van der Waals surface area (Å²) in [4.78, 5) is 0. The number of rotatable bonds is 4. The zero-order chi connectivity index (χ0) is 15.7. The van der Waals surface area contributed by atoms with Gasteiger partial charge in [-0.2, -0.15) is 0 Å². The zero-order valence-corrected chi connectivity index (χ0v) is 14.3. The summed E-state index contributed by atoms with van der Waals surface area (Å²) in [5.41, 5.74) is 5.82. The van der Waals surface area contributed by atoms with E-state index in [0.29, 0.717) is 0 Å². The zero-order valence-electron chi connectivity index (χ0n) is 14.3. The van der Waals surface area contributed by atoms with Gasteiger partial charge in [0.2, 0.25) is 0 Å². The highest BCUT2D eigenvalue weighted by molar-refractivity contribution is 5.26. The second-order valence-corrected chi connectivity index (χ2v) is 6.20. The van der Waals surface area contributed by atoms with Gasteiger partial charge >= 0.3 is 0 Å². The first-order valence-corrected chi connectivity index (χ1v) is 8.13. The molecule has 0 heterocycles. The Labute approximate surface area is 131 Å². The van der Waals surface area contributed by atoms with E-state index in [1.54, 1.807) is 0 Å². The maximum atomic E-state index is 2.26. The SMILES string of the molecule is CCCc1ccccc1C.Cc1ccccc1CC(C)C. The maximum absolute atomic E-state index is 2.26. The van der Waals surface area contributed by atoms with Gasteiger partial charge in [0.1, 0.15) is 0 Å². The fourth-order valence-corrected chi connectivity index (χ4v) is 2.44. The van der Waals surface area contributed by atoms with Crippen molar-refractivity contribution in [3.63, 3.8) is 0 Å². The first-order chi connectivity index (χ1) is 10.0. The van der Waals surface area contributed by atoms with Gasteiger partial charge in [-0.15, -0.1) is 0 Å². The lowest BCUT2D eigenvalue weighted by atomic mass is 9.99. The molecule has 0 saturated carbocycles. The number of hydrogen-bond donors (Lipinski definition) is 0. The second-order valence-electron chi connectivity index (χ2n) is 6.20. The summed E-state index contributed by atoms with van der Waals surface area (Å²) in [7, 11) is 0. The monoisotopic (exact) mass is 282 g/mol. The van der Waals surface area contributed by atoms with Gasteiger partial charge in [-0.3, -0.25) is 0 Å². The standard InChI is InChI=1S/C11H16.C10H14/c1-9(2)8-11-7-5-4-6-10(11)3;1-3-6-10-8-5-4-7-9(10)2/h4-7,9H,8H2,1-3H3;4-5,7-8H,3,6H2,1-2H3. The Morgan fingerprint density at radius 3 is 1.67 bits per heavy atom. The Balaban J connectivity index is 0.000000211. The van der Waals surface area contributed by atoms with E-state index in [-0.39, 0.29) is 0 Å². The Morgan fingerprint density at radius 2 is 1.24 bits per heavy atom. The lowest BCUT2D eigenvalue weighted by molar-refractivity contribution is 0.645. The van der Waals surface area contributed by atoms with Gasteiger partial charge in [-0.05, 0) is 54.9 Å². The highest BCUT2D eigenvalue weighted by atomic mass is 14.0. The number of benzene rings is 2. The van der Waals surface area contributed by atoms with E-state index in [4.69, 9.17) is 0 Å². The Kier molecular flexibility index (Phi) is 7.82. The summed E-state index contributed by atoms with van der Waals surface area (Å²) >= 11 is 0. The average Bonchev–Trinajstić information content (AvgIpc) is 2.45. The molecule has 0 aliphatic heterocycles. The molecule has 21 heavy (non-hydrogen) atoms. The molecular formula is C21H30. The van der Waals surface area contributed by atoms with Crippen LogP contribution in [-0.2, 0) is 12.8 Å². The van der Waals surface area contributed by atoms with Crippen LogP contribution in [-0.4, -0.2) is 0 Å². The molecular weight excluding hydrogens is 252 g/mol. The topological polar surface area (TPSA) is 0 Å². The molecule has 2 rings (SSSR count). The molecule has 0 fully saturated rings. The van der Waals surface area contributed by atoms with E-state index in [9.17, 15) is 0 Å². The molecule has 0 N–H and O–H groups in total. The van der Waals surface area contributed by atoms with Crippen molar-refractivity contribution in [3.05, 3.63) is 70.8 Å². The summed E-state index contributed by atoms with van der Waals surface area (Å²) in [5, 5.41) is 0. The normalized spacial score (nSPS) is 10.2. The van der Waals surface area contributed by atoms with E-state index in [0.717, 1.165) is 5.92 Å². The third kappa shape index (κ3) is 6.62. The van der Waals surface area contributed by atoms with Gasteiger partial charge in [0.25, 0.3) is 0 Å². The molecule has 114 valence electrons. The van der Waals surface area contributed by atoms with Crippen molar-refractivity contribution in [1.82, 2.24) is 0 Å². The molecule has 2 aromatic rings. The predicted molar refractivity (Wildman–Crippen MR) is 94.9 cm³/mol. The quantitative estimate of drug-likeness (QED) is 0.631. The molecule has 0 atom stereocenters. The summed E-state index contributed by atoms with van der Waals surface area (Å²) in [5.74, 6) is 0.760. The van der Waals surface area contributed by atoms with Crippen LogP contribution in [0.15, 0.2) is 48.5 Å². The largest absolute Gasteiger partial charge is 0.0651 e. The molecule has 0 nitrogen and oxygen atoms in total. The Bertz CT molecular complexity index is 523. The van der Waals surface area contributed by atoms with Gasteiger partial charge in [-0.25, -0.2) is 0 Å². The third-order valence-electron chi connectivity index (χ3n) is 3.67. The molecule has 2 aromatic carbocycles. The van der Waals surface area contributed by atoms with Crippen LogP contribution in [0.1, 0.15) is 49.4 Å². The van der Waals surface area contributed by atoms with Crippen molar-refractivity contribution in [2.45, 2.75) is 53.9 Å². The molecule has 0 spiro atoms. The van der Waals surface area contributed by atoms with Gasteiger partial charge in [0.15, 0.2) is 0 Å². The van der Waals surface area contributed by atoms with Crippen molar-refractivity contribution < 1.29 is 0 Å². The van der Waals surface area contributed by atoms with Crippen molar-refractivity contribution in [2.75, 3.05) is 0 Å². The van der Waals surface area contributed by atoms with Gasteiger partial charge in [0.05, 0.1) is 0 Å². The highest BCUT2D eigenvalue weighted by Crippen LogP contribution is 2.12. The van der Waals surface area contributed by atoms with Crippen LogP contribution in [0.5, 0.6) is 0 Å². The highest BCUT2D eigenvalue weighted by Gasteiger charge is 1.98. The van der Waals surface area contributed by atoms with Crippen molar-refractivity contribution in [3.8, 4) is 0 Å². The predicted octanol–water partition coefficient (Wildman–Crippen LogP) is 6.14. The molecule has 0 amide bonds. The van der Waals surface area contributed by atoms with Gasteiger partial charge < -0.3 is 0 Å². The van der Waals surface area contributed by atoms with Crippen LogP contribution in [0.4, 0.5) is 0 Å². The second kappa shape index (κ2) is 9.39. The minimum absolute atomic E-state index is 0.760. The summed E-state index contributed by atoms with van der Waals surface area (Å²) in [6, 6.07) is 17.2. The molecule has 0 radical (unpaired) electrons. The Morgan fingerprint density at radius 1 is 0.762 bits per heavy atom. The average molecular weight is 282 g/mol. The molecule has 0 heteroatoms. The number of aryl methyl sites for hydroxylation is 3. The Hall–Kier alpha value is -1.56. The fraction of sp³-hybridized carbons (Fsp3) is 0.429. The smallest absolute Gasteiger partial charge is 0.0253 e. The molecule has 0 unspecified atom stereocenters. The molecule has 0 aliphatic rings. The fourth-order valence-electron chi connectivity index (χ4n) is 2.44. The van der Waals surface area contributed by atoms with E-state index in [1.807, 2.05) is 0 Å². The van der Waals surface area contributed by atoms with Crippen LogP contribution >= 0.6 is 0 Å². The number of hydrogen-bond acceptors (Lipinski definition) is 0. The minimum atomic E-state index is 0.760. The molecule has 0 aromatic heterocycles. The van der Waals surface area contributed by atoms with Crippen molar-refractivity contribution in [2.24, 2.45) is 5.92 Å². The van der Waals surface area contributed by atoms with E-state index >= 15 is 0 Å². The van der Waals surface area contributed by atoms with Gasteiger partial charge in [-0.1, -0.05) is 75.7 Å². The maximum Gasteiger partial charge on any atom is -0.0253 e. The minimum Gasteiger partial charge on any atom is -0.0651 e. The molecule has 0 saturated heterocycles. The van der Waals surface area contributed by atoms with E-state index in [2.05, 4.69) is 83.1 Å². The van der Waals surface area contributed by atoms with Crippen LogP contribution in [0.25, 0.3) is 0 Å². The van der Waals surface area contributed by atoms with E-state index in [1.165, 1.54) is 41.5 Å². The van der Waals surface area contributed by atoms with Crippen LogP contribution in [0.2, 0.25) is 0 Å². The van der Waals surface area contributed by atoms with E-state index < -0.39 is 0 Å². The molecule has 0 bridgehead atoms. The lowest BCUT2D eigenvalue weighted by Gasteiger charge is -2.07. The van der Waals surface area contributed by atoms with Crippen molar-refractivity contribution >= 4 is 0 Å². The first-order valence-electron chi connectivity index (χ1n) is 8.13. The van der Waals surface area contributed by atoms with Crippen LogP contribution in [0.3, 0.4) is 0 Å². The lowest BCUT2D eigenvalue weighted by Crippen LogP contribution is -1.95. The van der Waals surface area contributed by atoms with Crippen LogP contribution < -0.4 is 0 Å².